The lowest BCUT2D eigenvalue weighted by Crippen LogP contribution is -2.50. The van der Waals surface area contributed by atoms with E-state index in [1.54, 1.807) is 32.9 Å². The van der Waals surface area contributed by atoms with Gasteiger partial charge in [-0.25, -0.2) is 4.98 Å². The minimum Gasteiger partial charge on any atom is -0.339 e. The van der Waals surface area contributed by atoms with E-state index < -0.39 is 0 Å². The molecule has 1 aromatic heterocycles. The second kappa shape index (κ2) is 8.03. The number of amides is 3. The van der Waals surface area contributed by atoms with Gasteiger partial charge in [-0.2, -0.15) is 0 Å². The van der Waals surface area contributed by atoms with E-state index in [1.807, 2.05) is 18.2 Å². The summed E-state index contributed by atoms with van der Waals surface area (Å²) >= 11 is 0. The Bertz CT molecular complexity index is 951. The first-order chi connectivity index (χ1) is 14.0. The molecule has 3 heterocycles. The molecule has 7 heteroatoms. The van der Waals surface area contributed by atoms with Crippen LogP contribution in [0.1, 0.15) is 39.0 Å². The molecule has 2 aliphatic heterocycles. The molecule has 3 amide bonds. The Labute approximate surface area is 169 Å². The Balaban J connectivity index is 1.45. The number of aromatic nitrogens is 1. The maximum absolute atomic E-state index is 13.0. The zero-order valence-electron chi connectivity index (χ0n) is 16.5. The topological polar surface area (TPSA) is 73.8 Å². The van der Waals surface area contributed by atoms with Gasteiger partial charge < -0.3 is 14.7 Å². The van der Waals surface area contributed by atoms with Gasteiger partial charge in [0.1, 0.15) is 11.4 Å². The Morgan fingerprint density at radius 3 is 1.97 bits per heavy atom. The minimum atomic E-state index is -0.202. The normalized spacial score (nSPS) is 16.4. The molecule has 2 aliphatic rings. The fourth-order valence-corrected chi connectivity index (χ4v) is 3.89. The lowest BCUT2D eigenvalue weighted by Gasteiger charge is -2.34. The van der Waals surface area contributed by atoms with Crippen LogP contribution in [0.5, 0.6) is 0 Å². The number of piperazine rings is 1. The van der Waals surface area contributed by atoms with E-state index >= 15 is 0 Å². The van der Waals surface area contributed by atoms with Gasteiger partial charge in [-0.3, -0.25) is 14.4 Å². The third-order valence-corrected chi connectivity index (χ3v) is 5.62. The first-order valence-electron chi connectivity index (χ1n) is 9.91. The van der Waals surface area contributed by atoms with Crippen LogP contribution in [0.2, 0.25) is 0 Å². The molecular formula is C22H24N4O3. The number of carbonyl (C=O) groups is 3. The van der Waals surface area contributed by atoms with Gasteiger partial charge in [0.25, 0.3) is 11.8 Å². The predicted molar refractivity (Wildman–Crippen MR) is 107 cm³/mol. The van der Waals surface area contributed by atoms with Crippen molar-refractivity contribution in [2.24, 2.45) is 0 Å². The van der Waals surface area contributed by atoms with E-state index in [4.69, 9.17) is 0 Å². The molecule has 0 aliphatic carbocycles. The molecule has 0 saturated carbocycles. The third-order valence-electron chi connectivity index (χ3n) is 5.62. The van der Waals surface area contributed by atoms with Crippen LogP contribution < -0.4 is 0 Å². The van der Waals surface area contributed by atoms with Crippen molar-refractivity contribution in [3.05, 3.63) is 65.0 Å². The Kier molecular flexibility index (Phi) is 5.29. The van der Waals surface area contributed by atoms with E-state index in [1.165, 1.54) is 12.5 Å². The molecule has 0 bridgehead atoms. The monoisotopic (exact) mass is 392 g/mol. The molecular weight excluding hydrogens is 368 g/mol. The minimum absolute atomic E-state index is 0.0194. The van der Waals surface area contributed by atoms with Crippen LogP contribution in [-0.2, 0) is 17.8 Å². The van der Waals surface area contributed by atoms with Crippen molar-refractivity contribution in [1.29, 1.82) is 0 Å². The number of pyridine rings is 1. The molecule has 0 radical (unpaired) electrons. The molecule has 1 saturated heterocycles. The molecule has 2 aromatic rings. The average molecular weight is 392 g/mol. The van der Waals surface area contributed by atoms with Gasteiger partial charge >= 0.3 is 0 Å². The highest BCUT2D eigenvalue weighted by molar-refractivity contribution is 5.96. The molecule has 0 N–H and O–H groups in total. The summed E-state index contributed by atoms with van der Waals surface area (Å²) < 4.78 is 0. The summed E-state index contributed by atoms with van der Waals surface area (Å²) in [6.45, 7) is 4.72. The zero-order chi connectivity index (χ0) is 20.4. The van der Waals surface area contributed by atoms with Crippen molar-refractivity contribution in [1.82, 2.24) is 19.7 Å². The quantitative estimate of drug-likeness (QED) is 0.778. The van der Waals surface area contributed by atoms with Crippen molar-refractivity contribution in [3.63, 3.8) is 0 Å². The summed E-state index contributed by atoms with van der Waals surface area (Å²) in [7, 11) is 0. The van der Waals surface area contributed by atoms with Crippen molar-refractivity contribution in [2.45, 2.75) is 19.9 Å². The van der Waals surface area contributed by atoms with Crippen LogP contribution >= 0.6 is 0 Å². The molecule has 150 valence electrons. The van der Waals surface area contributed by atoms with Crippen LogP contribution in [0.25, 0.3) is 0 Å². The molecule has 1 aromatic carbocycles. The summed E-state index contributed by atoms with van der Waals surface area (Å²) in [6.07, 6.45) is 0.820. The fourth-order valence-electron chi connectivity index (χ4n) is 3.89. The number of fused-ring (bicyclic) bond motifs is 1. The molecule has 0 atom stereocenters. The molecule has 0 spiro atoms. The molecule has 7 nitrogen and oxygen atoms in total. The highest BCUT2D eigenvalue weighted by atomic mass is 16.2. The van der Waals surface area contributed by atoms with E-state index in [0.717, 1.165) is 12.0 Å². The van der Waals surface area contributed by atoms with Gasteiger partial charge in [0.15, 0.2) is 0 Å². The van der Waals surface area contributed by atoms with Crippen molar-refractivity contribution >= 4 is 17.7 Å². The number of carbonyl (C=O) groups excluding carboxylic acids is 3. The zero-order valence-corrected chi connectivity index (χ0v) is 16.5. The summed E-state index contributed by atoms with van der Waals surface area (Å²) in [5.74, 6) is -0.340. The van der Waals surface area contributed by atoms with Crippen LogP contribution in [0.15, 0.2) is 42.5 Å². The number of hydrogen-bond acceptors (Lipinski definition) is 4. The number of hydrogen-bond donors (Lipinski definition) is 0. The maximum atomic E-state index is 13.0. The van der Waals surface area contributed by atoms with Crippen LogP contribution in [0.4, 0.5) is 0 Å². The highest BCUT2D eigenvalue weighted by Gasteiger charge is 2.26. The summed E-state index contributed by atoms with van der Waals surface area (Å²) in [6, 6.07) is 13.1. The number of nitrogens with zero attached hydrogens (tertiary/aromatic N) is 4. The van der Waals surface area contributed by atoms with Crippen LogP contribution in [0, 0.1) is 0 Å². The SMILES string of the molecule is CC(=O)N1CCN(C(=O)c2cccc(C(=O)N3CCc4ccccc4C3)n2)CC1. The van der Waals surface area contributed by atoms with Gasteiger partial charge in [0, 0.05) is 46.2 Å². The van der Waals surface area contributed by atoms with E-state index in [9.17, 15) is 14.4 Å². The third kappa shape index (κ3) is 3.99. The highest BCUT2D eigenvalue weighted by Crippen LogP contribution is 2.20. The average Bonchev–Trinajstić information content (AvgIpc) is 2.78. The van der Waals surface area contributed by atoms with Gasteiger partial charge in [0.2, 0.25) is 5.91 Å². The largest absolute Gasteiger partial charge is 0.339 e. The van der Waals surface area contributed by atoms with Crippen LogP contribution in [0.3, 0.4) is 0 Å². The second-order valence-corrected chi connectivity index (χ2v) is 7.45. The van der Waals surface area contributed by atoms with Crippen molar-refractivity contribution < 1.29 is 14.4 Å². The van der Waals surface area contributed by atoms with E-state index in [-0.39, 0.29) is 29.1 Å². The summed E-state index contributed by atoms with van der Waals surface area (Å²) in [4.78, 5) is 46.8. The van der Waals surface area contributed by atoms with E-state index in [2.05, 4.69) is 11.1 Å². The van der Waals surface area contributed by atoms with Crippen molar-refractivity contribution in [3.8, 4) is 0 Å². The number of benzene rings is 1. The van der Waals surface area contributed by atoms with Gasteiger partial charge in [0.05, 0.1) is 0 Å². The van der Waals surface area contributed by atoms with Gasteiger partial charge in [-0.05, 0) is 29.7 Å². The smallest absolute Gasteiger partial charge is 0.272 e. The number of rotatable bonds is 2. The van der Waals surface area contributed by atoms with Gasteiger partial charge in [-0.15, -0.1) is 0 Å². The standard InChI is InChI=1S/C22H24N4O3/c1-16(27)24-11-13-25(14-12-24)21(28)19-7-4-8-20(23-19)22(29)26-10-9-17-5-2-3-6-18(17)15-26/h2-8H,9-15H2,1H3. The van der Waals surface area contributed by atoms with Gasteiger partial charge in [-0.1, -0.05) is 30.3 Å². The first kappa shape index (κ1) is 19.1. The summed E-state index contributed by atoms with van der Waals surface area (Å²) in [5, 5.41) is 0. The maximum Gasteiger partial charge on any atom is 0.272 e. The lowest BCUT2D eigenvalue weighted by atomic mass is 10.00. The molecule has 1 fully saturated rings. The van der Waals surface area contributed by atoms with Crippen molar-refractivity contribution in [2.75, 3.05) is 32.7 Å². The van der Waals surface area contributed by atoms with E-state index in [0.29, 0.717) is 39.3 Å². The Morgan fingerprint density at radius 2 is 1.31 bits per heavy atom. The lowest BCUT2D eigenvalue weighted by molar-refractivity contribution is -0.130. The Morgan fingerprint density at radius 1 is 0.724 bits per heavy atom. The predicted octanol–water partition coefficient (Wildman–Crippen LogP) is 1.58. The molecule has 4 rings (SSSR count). The Hall–Kier alpha value is -3.22. The second-order valence-electron chi connectivity index (χ2n) is 7.45. The summed E-state index contributed by atoms with van der Waals surface area (Å²) in [5.41, 5.74) is 2.99. The van der Waals surface area contributed by atoms with Crippen LogP contribution in [-0.4, -0.2) is 70.1 Å². The first-order valence-corrected chi connectivity index (χ1v) is 9.91. The fraction of sp³-hybridized carbons (Fsp3) is 0.364. The molecule has 29 heavy (non-hydrogen) atoms. The molecule has 0 unspecified atom stereocenters.